The van der Waals surface area contributed by atoms with Gasteiger partial charge >= 0.3 is 5.97 Å². The van der Waals surface area contributed by atoms with Crippen molar-refractivity contribution in [2.75, 3.05) is 6.61 Å². The molecule has 2 heterocycles. The molecule has 120 valence electrons. The number of hydrogen-bond acceptors (Lipinski definition) is 5. The second kappa shape index (κ2) is 7.54. The minimum atomic E-state index is -0.380. The van der Waals surface area contributed by atoms with Gasteiger partial charge in [0.25, 0.3) is 5.56 Å². The smallest absolute Gasteiger partial charge is 0.326 e. The number of carbonyl (C=O) groups excluding carboxylic acids is 1. The molecule has 0 aliphatic heterocycles. The molecule has 5 nitrogen and oxygen atoms in total. The number of aromatic nitrogens is 2. The molecule has 0 spiro atoms. The summed E-state index contributed by atoms with van der Waals surface area (Å²) in [5.74, 6) is 0.164. The van der Waals surface area contributed by atoms with Crippen LogP contribution in [0.4, 0.5) is 0 Å². The average molecular weight is 322 g/mol. The van der Waals surface area contributed by atoms with Crippen LogP contribution in [-0.2, 0) is 16.1 Å². The Hall–Kier alpha value is -1.69. The van der Waals surface area contributed by atoms with Crippen molar-refractivity contribution in [3.05, 3.63) is 27.1 Å². The number of hydrogen-bond donors (Lipinski definition) is 0. The van der Waals surface area contributed by atoms with Crippen molar-refractivity contribution in [2.45, 2.75) is 53.0 Å². The molecule has 0 bridgehead atoms. The molecular weight excluding hydrogens is 300 g/mol. The number of esters is 1. The van der Waals surface area contributed by atoms with Crippen LogP contribution in [0, 0.1) is 13.8 Å². The van der Waals surface area contributed by atoms with Crippen molar-refractivity contribution in [3.8, 4) is 0 Å². The van der Waals surface area contributed by atoms with E-state index in [9.17, 15) is 9.59 Å². The highest BCUT2D eigenvalue weighted by Gasteiger charge is 2.13. The van der Waals surface area contributed by atoms with E-state index in [-0.39, 0.29) is 18.1 Å². The number of fused-ring (bicyclic) bond motifs is 1. The number of thiophene rings is 1. The Bertz CT molecular complexity index is 718. The average Bonchev–Trinajstić information content (AvgIpc) is 2.84. The van der Waals surface area contributed by atoms with E-state index >= 15 is 0 Å². The third-order valence-corrected chi connectivity index (χ3v) is 4.46. The van der Waals surface area contributed by atoms with Crippen molar-refractivity contribution in [1.29, 1.82) is 0 Å². The van der Waals surface area contributed by atoms with Gasteiger partial charge in [-0.3, -0.25) is 14.2 Å². The van der Waals surface area contributed by atoms with Crippen LogP contribution < -0.4 is 5.56 Å². The van der Waals surface area contributed by atoms with Gasteiger partial charge in [0.1, 0.15) is 17.2 Å². The van der Waals surface area contributed by atoms with Crippen LogP contribution in [0.15, 0.2) is 10.9 Å². The Kier molecular flexibility index (Phi) is 5.71. The first-order valence-corrected chi connectivity index (χ1v) is 8.47. The Morgan fingerprint density at radius 3 is 2.82 bits per heavy atom. The molecule has 2 rings (SSSR count). The van der Waals surface area contributed by atoms with Crippen molar-refractivity contribution >= 4 is 27.5 Å². The second-order valence-corrected chi connectivity index (χ2v) is 6.64. The Labute approximate surface area is 133 Å². The molecule has 0 aliphatic rings. The molecular formula is C16H22N2O3S. The lowest BCUT2D eigenvalue weighted by atomic mass is 10.2. The summed E-state index contributed by atoms with van der Waals surface area (Å²) in [5.41, 5.74) is -0.171. The van der Waals surface area contributed by atoms with Crippen LogP contribution in [-0.4, -0.2) is 22.1 Å². The Balaban J connectivity index is 2.04. The van der Waals surface area contributed by atoms with E-state index in [1.54, 1.807) is 6.92 Å². The summed E-state index contributed by atoms with van der Waals surface area (Å²) in [6.45, 7) is 6.16. The van der Waals surface area contributed by atoms with Crippen LogP contribution in [0.2, 0.25) is 0 Å². The van der Waals surface area contributed by atoms with Gasteiger partial charge in [0.05, 0.1) is 12.0 Å². The summed E-state index contributed by atoms with van der Waals surface area (Å²) < 4.78 is 6.59. The van der Waals surface area contributed by atoms with E-state index in [1.807, 2.05) is 13.0 Å². The van der Waals surface area contributed by atoms with E-state index < -0.39 is 0 Å². The number of ether oxygens (including phenoxy) is 1. The maximum absolute atomic E-state index is 12.4. The van der Waals surface area contributed by atoms with E-state index in [1.165, 1.54) is 15.9 Å². The monoisotopic (exact) mass is 322 g/mol. The van der Waals surface area contributed by atoms with Gasteiger partial charge in [-0.05, 0) is 26.3 Å². The number of carbonyl (C=O) groups is 1. The van der Waals surface area contributed by atoms with Gasteiger partial charge in [-0.1, -0.05) is 26.2 Å². The summed E-state index contributed by atoms with van der Waals surface area (Å²) in [7, 11) is 0. The zero-order valence-electron chi connectivity index (χ0n) is 13.3. The summed E-state index contributed by atoms with van der Waals surface area (Å²) in [6, 6.07) is 1.82. The van der Waals surface area contributed by atoms with Gasteiger partial charge in [-0.25, -0.2) is 4.98 Å². The standard InChI is InChI=1S/C16H22N2O3S/c1-4-5-6-7-8-21-14(19)10-18-12(3)17-15-13(16(18)20)9-11(2)22-15/h9H,4-8,10H2,1-3H3. The highest BCUT2D eigenvalue weighted by atomic mass is 32.1. The molecule has 0 atom stereocenters. The fourth-order valence-electron chi connectivity index (χ4n) is 2.31. The molecule has 6 heteroatoms. The number of aryl methyl sites for hydroxylation is 2. The SMILES string of the molecule is CCCCCCOC(=O)Cn1c(C)nc2sc(C)cc2c1=O. The molecule has 0 N–H and O–H groups in total. The molecule has 0 saturated heterocycles. The lowest BCUT2D eigenvalue weighted by molar-refractivity contribution is -0.144. The van der Waals surface area contributed by atoms with Crippen LogP contribution >= 0.6 is 11.3 Å². The lowest BCUT2D eigenvalue weighted by Crippen LogP contribution is -2.28. The van der Waals surface area contributed by atoms with Crippen molar-refractivity contribution in [3.63, 3.8) is 0 Å². The van der Waals surface area contributed by atoms with Gasteiger partial charge in [-0.15, -0.1) is 11.3 Å². The maximum atomic E-state index is 12.4. The quantitative estimate of drug-likeness (QED) is 0.580. The first-order chi connectivity index (χ1) is 10.5. The molecule has 2 aromatic heterocycles. The van der Waals surface area contributed by atoms with E-state index in [2.05, 4.69) is 11.9 Å². The predicted molar refractivity (Wildman–Crippen MR) is 88.5 cm³/mol. The summed E-state index contributed by atoms with van der Waals surface area (Å²) in [5, 5.41) is 0.573. The van der Waals surface area contributed by atoms with E-state index in [0.29, 0.717) is 17.8 Å². The zero-order valence-corrected chi connectivity index (χ0v) is 14.2. The van der Waals surface area contributed by atoms with E-state index in [4.69, 9.17) is 4.74 Å². The van der Waals surface area contributed by atoms with Gasteiger partial charge in [0, 0.05) is 4.88 Å². The van der Waals surface area contributed by atoms with Crippen LogP contribution in [0.1, 0.15) is 43.3 Å². The molecule has 0 aliphatic carbocycles. The molecule has 0 fully saturated rings. The number of rotatable bonds is 7. The molecule has 2 aromatic rings. The highest BCUT2D eigenvalue weighted by Crippen LogP contribution is 2.20. The number of nitrogens with zero attached hydrogens (tertiary/aromatic N) is 2. The fraction of sp³-hybridized carbons (Fsp3) is 0.562. The predicted octanol–water partition coefficient (Wildman–Crippen LogP) is 3.20. The molecule has 0 aromatic carbocycles. The summed E-state index contributed by atoms with van der Waals surface area (Å²) in [4.78, 5) is 30.5. The van der Waals surface area contributed by atoms with Crippen molar-refractivity contribution in [1.82, 2.24) is 9.55 Å². The lowest BCUT2D eigenvalue weighted by Gasteiger charge is -2.09. The first-order valence-electron chi connectivity index (χ1n) is 7.66. The minimum absolute atomic E-state index is 0.0731. The van der Waals surface area contributed by atoms with Crippen molar-refractivity contribution < 1.29 is 9.53 Å². The zero-order chi connectivity index (χ0) is 16.1. The third kappa shape index (κ3) is 3.94. The van der Waals surface area contributed by atoms with Crippen LogP contribution in [0.5, 0.6) is 0 Å². The van der Waals surface area contributed by atoms with Gasteiger partial charge in [-0.2, -0.15) is 0 Å². The Morgan fingerprint density at radius 1 is 1.32 bits per heavy atom. The normalized spacial score (nSPS) is 11.0. The van der Waals surface area contributed by atoms with Gasteiger partial charge < -0.3 is 4.74 Å². The second-order valence-electron chi connectivity index (χ2n) is 5.41. The molecule has 0 unspecified atom stereocenters. The largest absolute Gasteiger partial charge is 0.464 e. The number of unbranched alkanes of at least 4 members (excludes halogenated alkanes) is 3. The third-order valence-electron chi connectivity index (χ3n) is 3.51. The van der Waals surface area contributed by atoms with Crippen LogP contribution in [0.25, 0.3) is 10.2 Å². The maximum Gasteiger partial charge on any atom is 0.326 e. The summed E-state index contributed by atoms with van der Waals surface area (Å²) >= 11 is 1.49. The van der Waals surface area contributed by atoms with Gasteiger partial charge in [0.2, 0.25) is 0 Å². The molecule has 0 radical (unpaired) electrons. The topological polar surface area (TPSA) is 61.2 Å². The van der Waals surface area contributed by atoms with Crippen molar-refractivity contribution in [2.24, 2.45) is 0 Å². The van der Waals surface area contributed by atoms with Crippen LogP contribution in [0.3, 0.4) is 0 Å². The molecule has 0 amide bonds. The highest BCUT2D eigenvalue weighted by molar-refractivity contribution is 7.18. The minimum Gasteiger partial charge on any atom is -0.464 e. The van der Waals surface area contributed by atoms with E-state index in [0.717, 1.165) is 35.4 Å². The van der Waals surface area contributed by atoms with Gasteiger partial charge in [0.15, 0.2) is 0 Å². The summed E-state index contributed by atoms with van der Waals surface area (Å²) in [6.07, 6.45) is 4.22. The fourth-order valence-corrected chi connectivity index (χ4v) is 3.23. The molecule has 0 saturated carbocycles. The molecule has 22 heavy (non-hydrogen) atoms. The Morgan fingerprint density at radius 2 is 2.09 bits per heavy atom. The first kappa shape index (κ1) is 16.7.